The molecule has 0 aliphatic heterocycles. The molecule has 0 N–H and O–H groups in total. The van der Waals surface area contributed by atoms with Crippen LogP contribution in [0.2, 0.25) is 0 Å². The summed E-state index contributed by atoms with van der Waals surface area (Å²) in [5, 5.41) is 9.10. The standard InChI is InChI=1S/C58H36N2O2/c1-2-17-39(18-3-1)60-50-27-9-6-20-43(50)45-24-13-25-46(56(45)60)48-35-36-51(55-49-22-8-11-30-54(49)62-58(48)55)59(52-28-14-26-47-44-21-7-10-29-53(44)61-57(47)52)40-33-31-38(32-34-40)42-23-12-16-37-15-4-5-19-41(37)42/h1-36H. The van der Waals surface area contributed by atoms with Crippen molar-refractivity contribution in [2.75, 3.05) is 4.90 Å². The van der Waals surface area contributed by atoms with Gasteiger partial charge in [-0.2, -0.15) is 0 Å². The van der Waals surface area contributed by atoms with Crippen molar-refractivity contribution >= 4 is 93.5 Å². The Hall–Kier alpha value is -8.34. The van der Waals surface area contributed by atoms with Crippen molar-refractivity contribution in [3.05, 3.63) is 218 Å². The first-order valence-corrected chi connectivity index (χ1v) is 21.1. The Kier molecular flexibility index (Phi) is 7.57. The molecule has 0 radical (unpaired) electrons. The molecule has 0 bridgehead atoms. The number of aromatic nitrogens is 1. The van der Waals surface area contributed by atoms with Crippen molar-refractivity contribution in [3.63, 3.8) is 0 Å². The highest BCUT2D eigenvalue weighted by molar-refractivity contribution is 6.21. The van der Waals surface area contributed by atoms with E-state index in [4.69, 9.17) is 8.83 Å². The Labute approximate surface area is 356 Å². The normalized spacial score (nSPS) is 11.9. The molecule has 3 aromatic heterocycles. The topological polar surface area (TPSA) is 34.5 Å². The van der Waals surface area contributed by atoms with Crippen molar-refractivity contribution in [2.45, 2.75) is 0 Å². The first-order chi connectivity index (χ1) is 30.8. The van der Waals surface area contributed by atoms with Gasteiger partial charge in [-0.3, -0.25) is 0 Å². The molecule has 4 nitrogen and oxygen atoms in total. The van der Waals surface area contributed by atoms with Crippen molar-refractivity contribution in [2.24, 2.45) is 0 Å². The van der Waals surface area contributed by atoms with Gasteiger partial charge in [-0.05, 0) is 82.6 Å². The Morgan fingerprint density at radius 1 is 0.355 bits per heavy atom. The van der Waals surface area contributed by atoms with E-state index in [1.807, 2.05) is 12.1 Å². The molecule has 3 heterocycles. The second-order valence-electron chi connectivity index (χ2n) is 16.0. The fourth-order valence-electron chi connectivity index (χ4n) is 9.87. The van der Waals surface area contributed by atoms with E-state index >= 15 is 0 Å². The summed E-state index contributed by atoms with van der Waals surface area (Å²) in [6.07, 6.45) is 0. The summed E-state index contributed by atoms with van der Waals surface area (Å²) in [6, 6.07) is 77.8. The molecule has 62 heavy (non-hydrogen) atoms. The summed E-state index contributed by atoms with van der Waals surface area (Å²) in [6.45, 7) is 0. The summed E-state index contributed by atoms with van der Waals surface area (Å²) < 4.78 is 16.2. The molecule has 0 atom stereocenters. The fraction of sp³-hybridized carbons (Fsp3) is 0. The molecule has 0 saturated carbocycles. The predicted molar refractivity (Wildman–Crippen MR) is 258 cm³/mol. The van der Waals surface area contributed by atoms with Gasteiger partial charge in [0, 0.05) is 49.4 Å². The first-order valence-electron chi connectivity index (χ1n) is 21.1. The van der Waals surface area contributed by atoms with Gasteiger partial charge in [0.25, 0.3) is 0 Å². The van der Waals surface area contributed by atoms with Crippen LogP contribution >= 0.6 is 0 Å². The van der Waals surface area contributed by atoms with Gasteiger partial charge in [0.2, 0.25) is 0 Å². The van der Waals surface area contributed by atoms with E-state index in [-0.39, 0.29) is 0 Å². The Morgan fingerprint density at radius 2 is 0.968 bits per heavy atom. The van der Waals surface area contributed by atoms with Gasteiger partial charge in [0.05, 0.1) is 27.8 Å². The third-order valence-electron chi connectivity index (χ3n) is 12.6. The van der Waals surface area contributed by atoms with Gasteiger partial charge < -0.3 is 18.3 Å². The number of nitrogens with zero attached hydrogens (tertiary/aromatic N) is 2. The lowest BCUT2D eigenvalue weighted by molar-refractivity contribution is 0.668. The summed E-state index contributed by atoms with van der Waals surface area (Å²) in [4.78, 5) is 2.35. The second kappa shape index (κ2) is 13.6. The number of fused-ring (bicyclic) bond motifs is 10. The zero-order chi connectivity index (χ0) is 40.7. The van der Waals surface area contributed by atoms with E-state index in [9.17, 15) is 0 Å². The van der Waals surface area contributed by atoms with E-state index in [1.54, 1.807) is 0 Å². The SMILES string of the molecule is c1ccc(-n2c3ccccc3c3cccc(-c4ccc(N(c5ccc(-c6cccc7ccccc67)cc5)c5cccc6c5oc5ccccc56)c5c4oc4ccccc45)c32)cc1. The molecule has 0 aliphatic carbocycles. The molecule has 0 spiro atoms. The van der Waals surface area contributed by atoms with Crippen LogP contribution in [0.5, 0.6) is 0 Å². The predicted octanol–water partition coefficient (Wildman–Crippen LogP) is 16.5. The molecule has 10 aromatic carbocycles. The number of anilines is 3. The highest BCUT2D eigenvalue weighted by Crippen LogP contribution is 2.50. The number of furan rings is 2. The number of para-hydroxylation sites is 6. The van der Waals surface area contributed by atoms with Gasteiger partial charge in [-0.25, -0.2) is 0 Å². The number of rotatable bonds is 6. The minimum atomic E-state index is 0.828. The van der Waals surface area contributed by atoms with Gasteiger partial charge >= 0.3 is 0 Å². The van der Waals surface area contributed by atoms with Gasteiger partial charge in [0.1, 0.15) is 16.7 Å². The molecule has 0 amide bonds. The molecule has 13 rings (SSSR count). The maximum Gasteiger partial charge on any atom is 0.159 e. The number of hydrogen-bond donors (Lipinski definition) is 0. The minimum absolute atomic E-state index is 0.828. The zero-order valence-corrected chi connectivity index (χ0v) is 33.5. The van der Waals surface area contributed by atoms with Crippen LogP contribution in [0, 0.1) is 0 Å². The maximum absolute atomic E-state index is 7.06. The van der Waals surface area contributed by atoms with Gasteiger partial charge in [0.15, 0.2) is 5.58 Å². The quantitative estimate of drug-likeness (QED) is 0.168. The lowest BCUT2D eigenvalue weighted by Gasteiger charge is -2.27. The van der Waals surface area contributed by atoms with Crippen molar-refractivity contribution < 1.29 is 8.83 Å². The smallest absolute Gasteiger partial charge is 0.159 e. The summed E-state index contributed by atoms with van der Waals surface area (Å²) in [5.41, 5.74) is 14.2. The minimum Gasteiger partial charge on any atom is -0.455 e. The van der Waals surface area contributed by atoms with Gasteiger partial charge in [-0.1, -0.05) is 158 Å². The van der Waals surface area contributed by atoms with E-state index in [0.29, 0.717) is 0 Å². The van der Waals surface area contributed by atoms with Crippen LogP contribution < -0.4 is 4.90 Å². The number of hydrogen-bond acceptors (Lipinski definition) is 3. The van der Waals surface area contributed by atoms with Crippen molar-refractivity contribution in [1.29, 1.82) is 0 Å². The third kappa shape index (κ3) is 5.14. The van der Waals surface area contributed by atoms with Crippen LogP contribution in [0.4, 0.5) is 17.1 Å². The molecule has 4 heteroatoms. The Balaban J connectivity index is 1.09. The van der Waals surface area contributed by atoms with Crippen LogP contribution in [-0.2, 0) is 0 Å². The van der Waals surface area contributed by atoms with Crippen LogP contribution in [0.3, 0.4) is 0 Å². The summed E-state index contributed by atoms with van der Waals surface area (Å²) in [5.74, 6) is 0. The molecule has 0 saturated heterocycles. The molecule has 13 aromatic rings. The first kappa shape index (κ1) is 34.5. The van der Waals surface area contributed by atoms with E-state index in [2.05, 4.69) is 216 Å². The maximum atomic E-state index is 7.06. The van der Waals surface area contributed by atoms with Gasteiger partial charge in [-0.15, -0.1) is 0 Å². The highest BCUT2D eigenvalue weighted by atomic mass is 16.3. The largest absolute Gasteiger partial charge is 0.455 e. The molecular weight excluding hydrogens is 757 g/mol. The van der Waals surface area contributed by atoms with E-state index in [0.717, 1.165) is 94.4 Å². The fourth-order valence-corrected chi connectivity index (χ4v) is 9.87. The van der Waals surface area contributed by atoms with Crippen LogP contribution in [0.1, 0.15) is 0 Å². The lowest BCUT2D eigenvalue weighted by Crippen LogP contribution is -2.11. The third-order valence-corrected chi connectivity index (χ3v) is 12.6. The monoisotopic (exact) mass is 792 g/mol. The zero-order valence-electron chi connectivity index (χ0n) is 33.5. The molecule has 290 valence electrons. The Bertz CT molecular complexity index is 3870. The van der Waals surface area contributed by atoms with Crippen molar-refractivity contribution in [3.8, 4) is 27.9 Å². The average Bonchev–Trinajstić information content (AvgIpc) is 4.03. The summed E-state index contributed by atoms with van der Waals surface area (Å²) in [7, 11) is 0. The molecule has 0 aliphatic rings. The molecule has 0 fully saturated rings. The number of benzene rings is 10. The average molecular weight is 793 g/mol. The molecular formula is C58H36N2O2. The van der Waals surface area contributed by atoms with Crippen LogP contribution in [0.15, 0.2) is 227 Å². The van der Waals surface area contributed by atoms with Crippen LogP contribution in [0.25, 0.3) is 104 Å². The van der Waals surface area contributed by atoms with Crippen molar-refractivity contribution in [1.82, 2.24) is 4.57 Å². The van der Waals surface area contributed by atoms with E-state index in [1.165, 1.54) is 27.1 Å². The Morgan fingerprint density at radius 3 is 1.82 bits per heavy atom. The second-order valence-corrected chi connectivity index (χ2v) is 16.0. The highest BCUT2D eigenvalue weighted by Gasteiger charge is 2.26. The molecule has 0 unspecified atom stereocenters. The van der Waals surface area contributed by atoms with E-state index < -0.39 is 0 Å². The summed E-state index contributed by atoms with van der Waals surface area (Å²) >= 11 is 0. The van der Waals surface area contributed by atoms with Crippen LogP contribution in [-0.4, -0.2) is 4.57 Å². The lowest BCUT2D eigenvalue weighted by atomic mass is 9.97.